The second kappa shape index (κ2) is 23.3. The van der Waals surface area contributed by atoms with Crippen LogP contribution in [0.2, 0.25) is 0 Å². The Morgan fingerprint density at radius 2 is 1.33 bits per heavy atom. The molecule has 0 radical (unpaired) electrons. The molecule has 0 spiro atoms. The Morgan fingerprint density at radius 3 is 1.93 bits per heavy atom. The van der Waals surface area contributed by atoms with Crippen LogP contribution in [0.1, 0.15) is 47.8 Å². The Balaban J connectivity index is 1.56. The zero-order valence-corrected chi connectivity index (χ0v) is 31.9. The number of carboxylic acids is 1. The lowest BCUT2D eigenvalue weighted by molar-refractivity contribution is -0.150. The smallest absolute Gasteiger partial charge is 0.478 e. The molecule has 0 aromatic heterocycles. The minimum Gasteiger partial charge on any atom is -0.478 e. The highest BCUT2D eigenvalue weighted by Gasteiger charge is 2.35. The van der Waals surface area contributed by atoms with Gasteiger partial charge in [0.25, 0.3) is 5.91 Å². The molecule has 3 aromatic carbocycles. The fourth-order valence-electron chi connectivity index (χ4n) is 5.03. The Bertz CT molecular complexity index is 1880. The van der Waals surface area contributed by atoms with Gasteiger partial charge in [0.15, 0.2) is 0 Å². The van der Waals surface area contributed by atoms with E-state index in [-0.39, 0.29) is 37.7 Å². The summed E-state index contributed by atoms with van der Waals surface area (Å²) in [5.41, 5.74) is 6.54. The van der Waals surface area contributed by atoms with Gasteiger partial charge < -0.3 is 56.4 Å². The van der Waals surface area contributed by atoms with Crippen LogP contribution in [0, 0.1) is 0 Å². The number of rotatable bonds is 22. The highest BCUT2D eigenvalue weighted by atomic mass is 16.7. The first-order valence-corrected chi connectivity index (χ1v) is 17.8. The van der Waals surface area contributed by atoms with Crippen molar-refractivity contribution in [1.29, 1.82) is 0 Å². The number of primary amides is 1. The first-order chi connectivity index (χ1) is 27.7. The van der Waals surface area contributed by atoms with E-state index in [1.165, 1.54) is 45.2 Å². The van der Waals surface area contributed by atoms with Crippen LogP contribution in [-0.4, -0.2) is 104 Å². The lowest BCUT2D eigenvalue weighted by atomic mass is 10.0. The number of ether oxygens (including phenoxy) is 4. The second-order valence-corrected chi connectivity index (χ2v) is 12.6. The number of carbonyl (C=O) groups excluding carboxylic acids is 7. The molecule has 19 heteroatoms. The predicted molar refractivity (Wildman–Crippen MR) is 205 cm³/mol. The van der Waals surface area contributed by atoms with Gasteiger partial charge in [-0.25, -0.2) is 9.59 Å². The van der Waals surface area contributed by atoms with Gasteiger partial charge in [-0.15, -0.1) is 0 Å². The summed E-state index contributed by atoms with van der Waals surface area (Å²) in [6, 6.07) is 17.0. The fourth-order valence-corrected chi connectivity index (χ4v) is 5.03. The number of methoxy groups -OCH3 is 1. The number of carboxylic acid groups (broad SMARTS) is 1. The maximum atomic E-state index is 13.1. The first-order valence-electron chi connectivity index (χ1n) is 17.8. The number of nitrogens with two attached hydrogens (primary N) is 1. The molecular formula is C39H46N6O13. The molecule has 0 heterocycles. The number of aliphatic carboxylic acids is 1. The van der Waals surface area contributed by atoms with E-state index in [1.54, 1.807) is 60.7 Å². The SMILES string of the molecule is COCCOCC(=O)N[C@H](C)C(=O)N[C@H](C)C(=O)N[C@H](CC(N)=O)C(=O)Nc1ccc(COC(=O)O[C@@H](C(=O)O)C(NC(=O)c2ccccc2)c2ccccc2)cc1. The number of amides is 6. The van der Waals surface area contributed by atoms with E-state index in [9.17, 15) is 43.5 Å². The molecular weight excluding hydrogens is 760 g/mol. The van der Waals surface area contributed by atoms with Crippen LogP contribution in [-0.2, 0) is 54.3 Å². The van der Waals surface area contributed by atoms with E-state index in [0.29, 0.717) is 11.1 Å². The highest BCUT2D eigenvalue weighted by Crippen LogP contribution is 2.22. The molecule has 0 saturated carbocycles. The summed E-state index contributed by atoms with van der Waals surface area (Å²) >= 11 is 0. The number of anilines is 1. The molecule has 6 amide bonds. The number of carbonyl (C=O) groups is 8. The molecule has 0 fully saturated rings. The molecule has 8 N–H and O–H groups in total. The van der Waals surface area contributed by atoms with Gasteiger partial charge in [0, 0.05) is 18.4 Å². The minimum atomic E-state index is -1.87. The van der Waals surface area contributed by atoms with E-state index in [2.05, 4.69) is 26.6 Å². The molecule has 3 rings (SSSR count). The van der Waals surface area contributed by atoms with Crippen molar-refractivity contribution in [3.05, 3.63) is 102 Å². The van der Waals surface area contributed by atoms with Gasteiger partial charge in [-0.05, 0) is 49.2 Å². The van der Waals surface area contributed by atoms with Crippen LogP contribution in [0.5, 0.6) is 0 Å². The molecule has 58 heavy (non-hydrogen) atoms. The molecule has 310 valence electrons. The number of benzene rings is 3. The van der Waals surface area contributed by atoms with Crippen LogP contribution < -0.4 is 32.3 Å². The molecule has 1 unspecified atom stereocenters. The summed E-state index contributed by atoms with van der Waals surface area (Å²) in [5.74, 6) is -5.96. The van der Waals surface area contributed by atoms with Crippen molar-refractivity contribution in [2.24, 2.45) is 5.73 Å². The van der Waals surface area contributed by atoms with Gasteiger partial charge in [0.1, 0.15) is 37.4 Å². The molecule has 0 aliphatic heterocycles. The van der Waals surface area contributed by atoms with Crippen molar-refractivity contribution in [1.82, 2.24) is 21.3 Å². The summed E-state index contributed by atoms with van der Waals surface area (Å²) in [6.07, 6.45) is -3.79. The van der Waals surface area contributed by atoms with Gasteiger partial charge in [-0.1, -0.05) is 60.7 Å². The average molecular weight is 807 g/mol. The standard InChI is InChI=1S/C39H46N6O13/c1-23(41-31(47)22-56-19-18-55-3)34(48)42-24(2)35(49)44-29(20-30(40)46)37(51)43-28-16-14-25(15-17-28)21-57-39(54)58-33(38(52)53)32(26-10-6-4-7-11-26)45-36(50)27-12-8-5-9-13-27/h4-17,23-24,29,32-33H,18-22H2,1-3H3,(H2,40,46)(H,41,47)(H,42,48)(H,43,51)(H,44,49)(H,45,50)(H,52,53)/t23-,24-,29-,32?,33-/m1/s1. The molecule has 0 aliphatic rings. The molecule has 3 aromatic rings. The summed E-state index contributed by atoms with van der Waals surface area (Å²) in [6.45, 7) is 2.50. The summed E-state index contributed by atoms with van der Waals surface area (Å²) in [5, 5.41) is 22.4. The Morgan fingerprint density at radius 1 is 0.724 bits per heavy atom. The molecule has 19 nitrogen and oxygen atoms in total. The van der Waals surface area contributed by atoms with Crippen LogP contribution in [0.4, 0.5) is 10.5 Å². The van der Waals surface area contributed by atoms with Crippen LogP contribution >= 0.6 is 0 Å². The Labute approximate surface area is 333 Å². The zero-order chi connectivity index (χ0) is 42.6. The van der Waals surface area contributed by atoms with Crippen LogP contribution in [0.3, 0.4) is 0 Å². The van der Waals surface area contributed by atoms with Gasteiger partial charge in [0.05, 0.1) is 19.6 Å². The van der Waals surface area contributed by atoms with Crippen LogP contribution in [0.15, 0.2) is 84.9 Å². The van der Waals surface area contributed by atoms with E-state index < -0.39 is 84.3 Å². The maximum absolute atomic E-state index is 13.1. The van der Waals surface area contributed by atoms with Crippen LogP contribution in [0.25, 0.3) is 0 Å². The number of hydrogen-bond donors (Lipinski definition) is 7. The minimum absolute atomic E-state index is 0.176. The van der Waals surface area contributed by atoms with Gasteiger partial charge in [0.2, 0.25) is 35.6 Å². The van der Waals surface area contributed by atoms with Crippen molar-refractivity contribution in [3.8, 4) is 0 Å². The summed E-state index contributed by atoms with van der Waals surface area (Å²) in [7, 11) is 1.47. The lowest BCUT2D eigenvalue weighted by Gasteiger charge is -2.25. The zero-order valence-electron chi connectivity index (χ0n) is 31.9. The van der Waals surface area contributed by atoms with Crippen molar-refractivity contribution in [2.45, 2.75) is 57.1 Å². The van der Waals surface area contributed by atoms with E-state index in [0.717, 1.165) is 0 Å². The molecule has 0 bridgehead atoms. The van der Waals surface area contributed by atoms with Gasteiger partial charge >= 0.3 is 12.1 Å². The maximum Gasteiger partial charge on any atom is 0.509 e. The fraction of sp³-hybridized carbons (Fsp3) is 0.333. The third-order valence-electron chi connectivity index (χ3n) is 8.05. The van der Waals surface area contributed by atoms with E-state index in [4.69, 9.17) is 24.7 Å². The van der Waals surface area contributed by atoms with Crippen molar-refractivity contribution in [2.75, 3.05) is 32.2 Å². The topological polar surface area (TPSA) is 280 Å². The third kappa shape index (κ3) is 15.3. The van der Waals surface area contributed by atoms with Gasteiger partial charge in [-0.2, -0.15) is 0 Å². The third-order valence-corrected chi connectivity index (χ3v) is 8.05. The number of hydrogen-bond acceptors (Lipinski definition) is 12. The van der Waals surface area contributed by atoms with Crippen molar-refractivity contribution in [3.63, 3.8) is 0 Å². The largest absolute Gasteiger partial charge is 0.509 e. The average Bonchev–Trinajstić information content (AvgIpc) is 3.20. The summed E-state index contributed by atoms with van der Waals surface area (Å²) in [4.78, 5) is 100. The first kappa shape index (κ1) is 45.5. The molecule has 5 atom stereocenters. The van der Waals surface area contributed by atoms with Gasteiger partial charge in [-0.3, -0.25) is 28.8 Å². The predicted octanol–water partition coefficient (Wildman–Crippen LogP) is 0.935. The van der Waals surface area contributed by atoms with Crippen molar-refractivity contribution < 1.29 is 62.4 Å². The lowest BCUT2D eigenvalue weighted by Crippen LogP contribution is -2.55. The Kier molecular flexibility index (Phi) is 18.3. The quantitative estimate of drug-likeness (QED) is 0.0551. The summed E-state index contributed by atoms with van der Waals surface area (Å²) < 4.78 is 20.3. The number of nitrogens with one attached hydrogen (secondary N) is 5. The van der Waals surface area contributed by atoms with Crippen molar-refractivity contribution >= 4 is 53.3 Å². The normalized spacial score (nSPS) is 13.2. The monoisotopic (exact) mass is 806 g/mol. The second-order valence-electron chi connectivity index (χ2n) is 12.6. The van der Waals surface area contributed by atoms with E-state index in [1.807, 2.05) is 0 Å². The Hall–Kier alpha value is -6.86. The molecule has 0 saturated heterocycles. The molecule has 0 aliphatic carbocycles. The highest BCUT2D eigenvalue weighted by molar-refractivity contribution is 6.01. The van der Waals surface area contributed by atoms with E-state index >= 15 is 0 Å².